The number of hydrogen-bond acceptors (Lipinski definition) is 3. The van der Waals surface area contributed by atoms with Crippen molar-refractivity contribution in [2.45, 2.75) is 39.3 Å². The molecule has 1 aromatic carbocycles. The van der Waals surface area contributed by atoms with Gasteiger partial charge in [0.1, 0.15) is 12.4 Å². The lowest BCUT2D eigenvalue weighted by atomic mass is 10.2. The van der Waals surface area contributed by atoms with Crippen LogP contribution in [0, 0.1) is 0 Å². The predicted octanol–water partition coefficient (Wildman–Crippen LogP) is 2.66. The van der Waals surface area contributed by atoms with Gasteiger partial charge in [0, 0.05) is 19.1 Å². The molecule has 3 heteroatoms. The van der Waals surface area contributed by atoms with Gasteiger partial charge >= 0.3 is 0 Å². The van der Waals surface area contributed by atoms with E-state index < -0.39 is 0 Å². The number of rotatable bonds is 7. The van der Waals surface area contributed by atoms with Crippen LogP contribution in [0.15, 0.2) is 24.3 Å². The normalized spacial score (nSPS) is 16.2. The molecule has 1 saturated heterocycles. The molecule has 1 aliphatic rings. The Hall–Kier alpha value is -1.06. The van der Waals surface area contributed by atoms with Gasteiger partial charge in [-0.1, -0.05) is 26.0 Å². The summed E-state index contributed by atoms with van der Waals surface area (Å²) < 4.78 is 5.85. The van der Waals surface area contributed by atoms with Crippen molar-refractivity contribution in [2.24, 2.45) is 0 Å². The summed E-state index contributed by atoms with van der Waals surface area (Å²) >= 11 is 0. The molecular formula is C16H26N2O. The van der Waals surface area contributed by atoms with E-state index in [-0.39, 0.29) is 0 Å². The van der Waals surface area contributed by atoms with Crippen molar-refractivity contribution in [3.63, 3.8) is 0 Å². The molecule has 0 aliphatic carbocycles. The van der Waals surface area contributed by atoms with Gasteiger partial charge in [-0.3, -0.25) is 4.90 Å². The second kappa shape index (κ2) is 7.51. The van der Waals surface area contributed by atoms with Gasteiger partial charge < -0.3 is 10.1 Å². The number of nitrogens with one attached hydrogen (secondary N) is 1. The van der Waals surface area contributed by atoms with Crippen LogP contribution in [0.3, 0.4) is 0 Å². The average Bonchev–Trinajstić information content (AvgIpc) is 2.90. The van der Waals surface area contributed by atoms with Crippen LogP contribution in [-0.2, 0) is 6.54 Å². The largest absolute Gasteiger partial charge is 0.492 e. The molecule has 0 unspecified atom stereocenters. The van der Waals surface area contributed by atoms with Crippen LogP contribution in [0.4, 0.5) is 0 Å². The van der Waals surface area contributed by atoms with E-state index in [4.69, 9.17) is 4.74 Å². The van der Waals surface area contributed by atoms with Crippen molar-refractivity contribution in [1.29, 1.82) is 0 Å². The highest BCUT2D eigenvalue weighted by Gasteiger charge is 2.10. The Kier molecular flexibility index (Phi) is 5.67. The standard InChI is InChI=1S/C16H26N2O/c1-14(2)17-13-15-6-5-7-16(12-15)19-11-10-18-8-3-4-9-18/h5-7,12,14,17H,3-4,8-11,13H2,1-2H3. The summed E-state index contributed by atoms with van der Waals surface area (Å²) in [6.45, 7) is 9.55. The molecule has 2 rings (SSSR count). The zero-order chi connectivity index (χ0) is 13.5. The van der Waals surface area contributed by atoms with E-state index in [1.165, 1.54) is 31.5 Å². The number of nitrogens with zero attached hydrogens (tertiary/aromatic N) is 1. The fourth-order valence-electron chi connectivity index (χ4n) is 2.37. The maximum absolute atomic E-state index is 5.85. The lowest BCUT2D eigenvalue weighted by Crippen LogP contribution is -2.25. The predicted molar refractivity (Wildman–Crippen MR) is 79.6 cm³/mol. The van der Waals surface area contributed by atoms with Gasteiger partial charge in [0.15, 0.2) is 0 Å². The minimum atomic E-state index is 0.514. The van der Waals surface area contributed by atoms with Gasteiger partial charge in [0.2, 0.25) is 0 Å². The van der Waals surface area contributed by atoms with Crippen LogP contribution >= 0.6 is 0 Å². The fraction of sp³-hybridized carbons (Fsp3) is 0.625. The molecule has 1 N–H and O–H groups in total. The molecule has 1 aromatic rings. The first kappa shape index (κ1) is 14.4. The third kappa shape index (κ3) is 5.21. The molecular weight excluding hydrogens is 236 g/mol. The van der Waals surface area contributed by atoms with E-state index in [1.54, 1.807) is 0 Å². The van der Waals surface area contributed by atoms with Crippen molar-refractivity contribution in [1.82, 2.24) is 10.2 Å². The molecule has 0 atom stereocenters. The smallest absolute Gasteiger partial charge is 0.119 e. The topological polar surface area (TPSA) is 24.5 Å². The van der Waals surface area contributed by atoms with Crippen LogP contribution < -0.4 is 10.1 Å². The minimum absolute atomic E-state index is 0.514. The van der Waals surface area contributed by atoms with Crippen LogP contribution in [0.5, 0.6) is 5.75 Å². The minimum Gasteiger partial charge on any atom is -0.492 e. The van der Waals surface area contributed by atoms with Crippen LogP contribution in [0.1, 0.15) is 32.3 Å². The van der Waals surface area contributed by atoms with Crippen molar-refractivity contribution in [3.05, 3.63) is 29.8 Å². The number of ether oxygens (including phenoxy) is 1. The van der Waals surface area contributed by atoms with E-state index in [1.807, 2.05) is 6.07 Å². The molecule has 0 saturated carbocycles. The third-order valence-electron chi connectivity index (χ3n) is 3.49. The van der Waals surface area contributed by atoms with E-state index in [2.05, 4.69) is 42.3 Å². The second-order valence-electron chi connectivity index (χ2n) is 5.58. The zero-order valence-electron chi connectivity index (χ0n) is 12.2. The number of hydrogen-bond donors (Lipinski definition) is 1. The SMILES string of the molecule is CC(C)NCc1cccc(OCCN2CCCC2)c1. The Morgan fingerprint density at radius 3 is 2.79 bits per heavy atom. The van der Waals surface area contributed by atoms with Gasteiger partial charge in [-0.2, -0.15) is 0 Å². The lowest BCUT2D eigenvalue weighted by molar-refractivity contribution is 0.237. The maximum Gasteiger partial charge on any atom is 0.119 e. The molecule has 0 spiro atoms. The molecule has 1 aliphatic heterocycles. The molecule has 3 nitrogen and oxygen atoms in total. The highest BCUT2D eigenvalue weighted by Crippen LogP contribution is 2.14. The Morgan fingerprint density at radius 2 is 2.05 bits per heavy atom. The fourth-order valence-corrected chi connectivity index (χ4v) is 2.37. The number of likely N-dealkylation sites (tertiary alicyclic amines) is 1. The molecule has 0 aromatic heterocycles. The monoisotopic (exact) mass is 262 g/mol. The Bertz CT molecular complexity index is 373. The van der Waals surface area contributed by atoms with Gasteiger partial charge in [0.05, 0.1) is 0 Å². The molecule has 1 fully saturated rings. The Balaban J connectivity index is 1.74. The molecule has 0 radical (unpaired) electrons. The van der Waals surface area contributed by atoms with Crippen LogP contribution in [-0.4, -0.2) is 37.2 Å². The summed E-state index contributed by atoms with van der Waals surface area (Å²) in [4.78, 5) is 2.48. The van der Waals surface area contributed by atoms with E-state index in [0.717, 1.165) is 25.4 Å². The van der Waals surface area contributed by atoms with E-state index in [0.29, 0.717) is 6.04 Å². The summed E-state index contributed by atoms with van der Waals surface area (Å²) in [6.07, 6.45) is 2.69. The highest BCUT2D eigenvalue weighted by atomic mass is 16.5. The van der Waals surface area contributed by atoms with Gasteiger partial charge in [-0.25, -0.2) is 0 Å². The molecule has 0 amide bonds. The summed E-state index contributed by atoms with van der Waals surface area (Å²) in [5.41, 5.74) is 1.28. The summed E-state index contributed by atoms with van der Waals surface area (Å²) in [7, 11) is 0. The van der Waals surface area contributed by atoms with Crippen molar-refractivity contribution in [2.75, 3.05) is 26.2 Å². The van der Waals surface area contributed by atoms with Gasteiger partial charge in [0.25, 0.3) is 0 Å². The van der Waals surface area contributed by atoms with Gasteiger partial charge in [-0.05, 0) is 43.6 Å². The van der Waals surface area contributed by atoms with E-state index in [9.17, 15) is 0 Å². The highest BCUT2D eigenvalue weighted by molar-refractivity contribution is 5.28. The Morgan fingerprint density at radius 1 is 1.26 bits per heavy atom. The quantitative estimate of drug-likeness (QED) is 0.817. The van der Waals surface area contributed by atoms with Crippen LogP contribution in [0.25, 0.3) is 0 Å². The van der Waals surface area contributed by atoms with E-state index >= 15 is 0 Å². The maximum atomic E-state index is 5.85. The molecule has 1 heterocycles. The van der Waals surface area contributed by atoms with Crippen molar-refractivity contribution in [3.8, 4) is 5.75 Å². The summed E-state index contributed by atoms with van der Waals surface area (Å²) in [5, 5.41) is 3.43. The first-order valence-corrected chi connectivity index (χ1v) is 7.41. The van der Waals surface area contributed by atoms with Gasteiger partial charge in [-0.15, -0.1) is 0 Å². The lowest BCUT2D eigenvalue weighted by Gasteiger charge is -2.15. The van der Waals surface area contributed by atoms with Crippen LogP contribution in [0.2, 0.25) is 0 Å². The molecule has 106 valence electrons. The average molecular weight is 262 g/mol. The summed E-state index contributed by atoms with van der Waals surface area (Å²) in [5.74, 6) is 0.988. The molecule has 19 heavy (non-hydrogen) atoms. The van der Waals surface area contributed by atoms with Crippen molar-refractivity contribution >= 4 is 0 Å². The van der Waals surface area contributed by atoms with Crippen molar-refractivity contribution < 1.29 is 4.74 Å². The second-order valence-corrected chi connectivity index (χ2v) is 5.58. The first-order valence-electron chi connectivity index (χ1n) is 7.41. The zero-order valence-corrected chi connectivity index (χ0v) is 12.2. The molecule has 0 bridgehead atoms. The summed E-state index contributed by atoms with van der Waals surface area (Å²) in [6, 6.07) is 8.91. The Labute approximate surface area is 116 Å². The first-order chi connectivity index (χ1) is 9.24. The third-order valence-corrected chi connectivity index (χ3v) is 3.49. The number of benzene rings is 1.